The summed E-state index contributed by atoms with van der Waals surface area (Å²) >= 11 is 0. The largest absolute Gasteiger partial charge is 0.359 e. The first-order valence-electron chi connectivity index (χ1n) is 9.09. The third-order valence-corrected chi connectivity index (χ3v) is 5.36. The van der Waals surface area contributed by atoms with Crippen LogP contribution in [0.25, 0.3) is 5.57 Å². The maximum absolute atomic E-state index is 12.8. The lowest BCUT2D eigenvalue weighted by molar-refractivity contribution is -0.129. The molecule has 3 nitrogen and oxygen atoms in total. The van der Waals surface area contributed by atoms with Gasteiger partial charge in [0, 0.05) is 24.8 Å². The highest BCUT2D eigenvalue weighted by atomic mass is 16.2. The Morgan fingerprint density at radius 1 is 1.08 bits per heavy atom. The summed E-state index contributed by atoms with van der Waals surface area (Å²) in [6.45, 7) is 4.21. The van der Waals surface area contributed by atoms with Crippen molar-refractivity contribution in [2.45, 2.75) is 25.8 Å². The lowest BCUT2D eigenvalue weighted by atomic mass is 9.99. The Bertz CT molecular complexity index is 797. The smallest absolute Gasteiger partial charge is 0.242 e. The first-order valence-corrected chi connectivity index (χ1v) is 9.09. The molecule has 2 heterocycles. The number of para-hydroxylation sites is 1. The van der Waals surface area contributed by atoms with Crippen molar-refractivity contribution in [3.05, 3.63) is 71.8 Å². The van der Waals surface area contributed by atoms with Crippen LogP contribution in [-0.2, 0) is 11.2 Å². The molecule has 25 heavy (non-hydrogen) atoms. The maximum atomic E-state index is 12.8. The zero-order valence-corrected chi connectivity index (χ0v) is 14.7. The third kappa shape index (κ3) is 3.19. The topological polar surface area (TPSA) is 23.6 Å². The molecule has 0 aliphatic carbocycles. The van der Waals surface area contributed by atoms with Crippen molar-refractivity contribution in [1.82, 2.24) is 4.90 Å². The Balaban J connectivity index is 1.42. The zero-order chi connectivity index (χ0) is 17.2. The summed E-state index contributed by atoms with van der Waals surface area (Å²) in [7, 11) is 0. The Hall–Kier alpha value is -2.55. The van der Waals surface area contributed by atoms with E-state index in [0.29, 0.717) is 19.1 Å². The van der Waals surface area contributed by atoms with Gasteiger partial charge in [-0.3, -0.25) is 4.79 Å². The molecule has 4 rings (SSSR count). The second kappa shape index (κ2) is 6.75. The number of fused-ring (bicyclic) bond motifs is 1. The number of nitrogens with zero attached hydrogens (tertiary/aromatic N) is 2. The van der Waals surface area contributed by atoms with Crippen molar-refractivity contribution >= 4 is 17.2 Å². The fourth-order valence-corrected chi connectivity index (χ4v) is 3.93. The molecule has 0 spiro atoms. The predicted octanol–water partition coefficient (Wildman–Crippen LogP) is 3.75. The van der Waals surface area contributed by atoms with Crippen molar-refractivity contribution in [2.24, 2.45) is 0 Å². The molecule has 0 saturated heterocycles. The van der Waals surface area contributed by atoms with E-state index in [4.69, 9.17) is 0 Å². The number of carbonyl (C=O) groups is 1. The van der Waals surface area contributed by atoms with Crippen LogP contribution in [0.3, 0.4) is 0 Å². The number of carbonyl (C=O) groups excluding carboxylic acids is 1. The molecule has 1 amide bonds. The standard InChI is InChI=1S/C22H24N2O/c1-17-15-20-9-5-6-10-21(20)24(17)16-22(25)23-13-11-19(12-14-23)18-7-3-2-4-8-18/h2-11,17H,12-16H2,1H3/t17-/m0/s1. The highest BCUT2D eigenvalue weighted by Crippen LogP contribution is 2.31. The normalized spacial score (nSPS) is 19.6. The van der Waals surface area contributed by atoms with Crippen LogP contribution in [0.2, 0.25) is 0 Å². The second-order valence-corrected chi connectivity index (χ2v) is 6.99. The van der Waals surface area contributed by atoms with Crippen LogP contribution in [0.5, 0.6) is 0 Å². The fourth-order valence-electron chi connectivity index (χ4n) is 3.93. The van der Waals surface area contributed by atoms with Gasteiger partial charge in [-0.15, -0.1) is 0 Å². The molecule has 2 aliphatic rings. The summed E-state index contributed by atoms with van der Waals surface area (Å²) in [6, 6.07) is 19.3. The van der Waals surface area contributed by atoms with Gasteiger partial charge in [-0.25, -0.2) is 0 Å². The number of hydrogen-bond acceptors (Lipinski definition) is 2. The molecule has 2 aliphatic heterocycles. The van der Waals surface area contributed by atoms with Crippen LogP contribution in [-0.4, -0.2) is 36.5 Å². The van der Waals surface area contributed by atoms with E-state index in [1.165, 1.54) is 22.4 Å². The summed E-state index contributed by atoms with van der Waals surface area (Å²) in [5.74, 6) is 0.229. The molecule has 1 atom stereocenters. The third-order valence-electron chi connectivity index (χ3n) is 5.36. The van der Waals surface area contributed by atoms with Crippen LogP contribution < -0.4 is 4.90 Å². The Kier molecular flexibility index (Phi) is 4.31. The molecule has 0 N–H and O–H groups in total. The van der Waals surface area contributed by atoms with E-state index in [-0.39, 0.29) is 5.91 Å². The number of hydrogen-bond donors (Lipinski definition) is 0. The molecule has 3 heteroatoms. The van der Waals surface area contributed by atoms with Crippen LogP contribution in [0.1, 0.15) is 24.5 Å². The van der Waals surface area contributed by atoms with Gasteiger partial charge >= 0.3 is 0 Å². The van der Waals surface area contributed by atoms with Crippen LogP contribution in [0.15, 0.2) is 60.7 Å². The molecule has 0 radical (unpaired) electrons. The first kappa shape index (κ1) is 15.9. The quantitative estimate of drug-likeness (QED) is 0.854. The van der Waals surface area contributed by atoms with Crippen LogP contribution in [0, 0.1) is 0 Å². The Morgan fingerprint density at radius 3 is 2.60 bits per heavy atom. The van der Waals surface area contributed by atoms with E-state index < -0.39 is 0 Å². The van der Waals surface area contributed by atoms with Gasteiger partial charge < -0.3 is 9.80 Å². The lowest BCUT2D eigenvalue weighted by Gasteiger charge is -2.31. The molecule has 2 aromatic carbocycles. The highest BCUT2D eigenvalue weighted by Gasteiger charge is 2.29. The maximum Gasteiger partial charge on any atom is 0.242 e. The second-order valence-electron chi connectivity index (χ2n) is 6.99. The molecule has 0 unspecified atom stereocenters. The van der Waals surface area contributed by atoms with Gasteiger partial charge in [-0.05, 0) is 42.5 Å². The van der Waals surface area contributed by atoms with E-state index in [0.717, 1.165) is 19.4 Å². The number of benzene rings is 2. The number of amides is 1. The lowest BCUT2D eigenvalue weighted by Crippen LogP contribution is -2.44. The van der Waals surface area contributed by atoms with Crippen molar-refractivity contribution in [3.8, 4) is 0 Å². The van der Waals surface area contributed by atoms with Gasteiger partial charge in [-0.1, -0.05) is 54.6 Å². The number of anilines is 1. The minimum atomic E-state index is 0.229. The van der Waals surface area contributed by atoms with E-state index in [2.05, 4.69) is 66.4 Å². The predicted molar refractivity (Wildman–Crippen MR) is 103 cm³/mol. The summed E-state index contributed by atoms with van der Waals surface area (Å²) in [5.41, 5.74) is 5.20. The summed E-state index contributed by atoms with van der Waals surface area (Å²) in [5, 5.41) is 0. The minimum Gasteiger partial charge on any atom is -0.359 e. The average molecular weight is 332 g/mol. The average Bonchev–Trinajstić information content (AvgIpc) is 2.98. The minimum absolute atomic E-state index is 0.229. The van der Waals surface area contributed by atoms with Gasteiger partial charge in [0.05, 0.1) is 6.54 Å². The number of rotatable bonds is 3. The fraction of sp³-hybridized carbons (Fsp3) is 0.318. The summed E-state index contributed by atoms with van der Waals surface area (Å²) in [6.07, 6.45) is 4.17. The molecule has 0 fully saturated rings. The van der Waals surface area contributed by atoms with Gasteiger partial charge in [0.1, 0.15) is 0 Å². The van der Waals surface area contributed by atoms with Gasteiger partial charge in [0.25, 0.3) is 0 Å². The summed E-state index contributed by atoms with van der Waals surface area (Å²) in [4.78, 5) is 17.1. The van der Waals surface area contributed by atoms with E-state index >= 15 is 0 Å². The Labute approximate surface area is 149 Å². The van der Waals surface area contributed by atoms with Gasteiger partial charge in [-0.2, -0.15) is 0 Å². The monoisotopic (exact) mass is 332 g/mol. The van der Waals surface area contributed by atoms with Crippen molar-refractivity contribution in [2.75, 3.05) is 24.5 Å². The van der Waals surface area contributed by atoms with Crippen molar-refractivity contribution in [3.63, 3.8) is 0 Å². The first-order chi connectivity index (χ1) is 12.2. The van der Waals surface area contributed by atoms with Gasteiger partial charge in [0.15, 0.2) is 0 Å². The molecule has 0 saturated carbocycles. The summed E-state index contributed by atoms with van der Waals surface area (Å²) < 4.78 is 0. The molecule has 2 aromatic rings. The molecule has 0 bridgehead atoms. The molecule has 128 valence electrons. The highest BCUT2D eigenvalue weighted by molar-refractivity contribution is 5.84. The zero-order valence-electron chi connectivity index (χ0n) is 14.7. The Morgan fingerprint density at radius 2 is 1.84 bits per heavy atom. The van der Waals surface area contributed by atoms with Crippen LogP contribution in [0.4, 0.5) is 5.69 Å². The van der Waals surface area contributed by atoms with Crippen molar-refractivity contribution in [1.29, 1.82) is 0 Å². The molecule has 0 aromatic heterocycles. The van der Waals surface area contributed by atoms with E-state index in [9.17, 15) is 4.79 Å². The SMILES string of the molecule is C[C@H]1Cc2ccccc2N1CC(=O)N1CC=C(c2ccccc2)CC1. The van der Waals surface area contributed by atoms with E-state index in [1.54, 1.807) is 0 Å². The van der Waals surface area contributed by atoms with E-state index in [1.807, 2.05) is 11.0 Å². The van der Waals surface area contributed by atoms with Crippen molar-refractivity contribution < 1.29 is 4.79 Å². The molecular weight excluding hydrogens is 308 g/mol. The molecular formula is C22H24N2O. The van der Waals surface area contributed by atoms with Gasteiger partial charge in [0.2, 0.25) is 5.91 Å². The van der Waals surface area contributed by atoms with Crippen LogP contribution >= 0.6 is 0 Å².